The topological polar surface area (TPSA) is 58.3 Å². The standard InChI is InChI=1S/C26H27F2N5S/c1-16-17(2)34-26-23(16)25(29)30-22(31-26)15-32-11-13-33(14-12-32)24(18-3-7-20(27)8-4-18)19-5-9-21(28)10-6-19/h3-10,24H,11-15H2,1-2H3,(H2,29,30,31). The van der Waals surface area contributed by atoms with Crippen molar-refractivity contribution in [2.75, 3.05) is 31.9 Å². The van der Waals surface area contributed by atoms with Gasteiger partial charge in [-0.1, -0.05) is 24.3 Å². The van der Waals surface area contributed by atoms with Crippen LogP contribution in [0.4, 0.5) is 14.6 Å². The number of nitrogens with two attached hydrogens (primary N) is 1. The Kier molecular flexibility index (Phi) is 6.29. The smallest absolute Gasteiger partial charge is 0.146 e. The molecule has 0 saturated carbocycles. The molecule has 4 aromatic rings. The van der Waals surface area contributed by atoms with Crippen LogP contribution in [0, 0.1) is 25.5 Å². The van der Waals surface area contributed by atoms with Gasteiger partial charge < -0.3 is 5.73 Å². The van der Waals surface area contributed by atoms with Gasteiger partial charge >= 0.3 is 0 Å². The molecule has 34 heavy (non-hydrogen) atoms. The van der Waals surface area contributed by atoms with Gasteiger partial charge in [0.2, 0.25) is 0 Å². The van der Waals surface area contributed by atoms with Gasteiger partial charge in [-0.05, 0) is 54.8 Å². The Morgan fingerprint density at radius 3 is 2.00 bits per heavy atom. The molecule has 0 bridgehead atoms. The number of anilines is 1. The van der Waals surface area contributed by atoms with Gasteiger partial charge in [-0.25, -0.2) is 18.7 Å². The molecule has 5 rings (SSSR count). The molecule has 1 fully saturated rings. The summed E-state index contributed by atoms with van der Waals surface area (Å²) in [7, 11) is 0. The number of hydrogen-bond acceptors (Lipinski definition) is 6. The summed E-state index contributed by atoms with van der Waals surface area (Å²) in [6.45, 7) is 8.08. The molecule has 1 aliphatic rings. The van der Waals surface area contributed by atoms with Crippen LogP contribution in [-0.2, 0) is 6.54 Å². The van der Waals surface area contributed by atoms with Crippen molar-refractivity contribution < 1.29 is 8.78 Å². The van der Waals surface area contributed by atoms with Crippen LogP contribution >= 0.6 is 11.3 Å². The quantitative estimate of drug-likeness (QED) is 0.433. The molecular weight excluding hydrogens is 452 g/mol. The van der Waals surface area contributed by atoms with Gasteiger partial charge in [0.1, 0.15) is 28.1 Å². The summed E-state index contributed by atoms with van der Waals surface area (Å²) in [5, 5.41) is 0.970. The lowest BCUT2D eigenvalue weighted by molar-refractivity contribution is 0.103. The Morgan fingerprint density at radius 1 is 0.882 bits per heavy atom. The molecule has 2 aromatic carbocycles. The third-order valence-corrected chi connectivity index (χ3v) is 7.71. The first-order valence-corrected chi connectivity index (χ1v) is 12.2. The second-order valence-electron chi connectivity index (χ2n) is 8.81. The zero-order valence-electron chi connectivity index (χ0n) is 19.3. The van der Waals surface area contributed by atoms with Crippen LogP contribution in [-0.4, -0.2) is 45.9 Å². The van der Waals surface area contributed by atoms with E-state index < -0.39 is 0 Å². The Balaban J connectivity index is 1.33. The Morgan fingerprint density at radius 2 is 1.44 bits per heavy atom. The Bertz CT molecular complexity index is 1250. The first kappa shape index (κ1) is 22.8. The van der Waals surface area contributed by atoms with Crippen molar-refractivity contribution in [3.8, 4) is 0 Å². The van der Waals surface area contributed by atoms with Gasteiger partial charge in [0.15, 0.2) is 0 Å². The molecule has 176 valence electrons. The minimum Gasteiger partial charge on any atom is -0.383 e. The van der Waals surface area contributed by atoms with Crippen molar-refractivity contribution in [3.63, 3.8) is 0 Å². The maximum absolute atomic E-state index is 13.6. The fraction of sp³-hybridized carbons (Fsp3) is 0.308. The van der Waals surface area contributed by atoms with Crippen LogP contribution in [0.5, 0.6) is 0 Å². The number of hydrogen-bond donors (Lipinski definition) is 1. The van der Waals surface area contributed by atoms with Crippen molar-refractivity contribution in [2.45, 2.75) is 26.4 Å². The zero-order chi connectivity index (χ0) is 23.8. The van der Waals surface area contributed by atoms with Crippen LogP contribution < -0.4 is 5.73 Å². The summed E-state index contributed by atoms with van der Waals surface area (Å²) in [5.74, 6) is 0.763. The van der Waals surface area contributed by atoms with Gasteiger partial charge in [0, 0.05) is 31.1 Å². The van der Waals surface area contributed by atoms with E-state index in [1.165, 1.54) is 29.1 Å². The molecule has 1 aliphatic heterocycles. The van der Waals surface area contributed by atoms with E-state index in [0.717, 1.165) is 58.9 Å². The maximum Gasteiger partial charge on any atom is 0.146 e. The van der Waals surface area contributed by atoms with E-state index in [9.17, 15) is 8.78 Å². The van der Waals surface area contributed by atoms with Gasteiger partial charge in [-0.3, -0.25) is 9.80 Å². The highest BCUT2D eigenvalue weighted by atomic mass is 32.1. The minimum atomic E-state index is -0.265. The number of aryl methyl sites for hydroxylation is 2. The third-order valence-electron chi connectivity index (χ3n) is 6.61. The molecule has 8 heteroatoms. The summed E-state index contributed by atoms with van der Waals surface area (Å²) in [5.41, 5.74) is 9.41. The highest BCUT2D eigenvalue weighted by molar-refractivity contribution is 7.18. The normalized spacial score (nSPS) is 15.4. The van der Waals surface area contributed by atoms with Crippen molar-refractivity contribution in [1.29, 1.82) is 0 Å². The number of nitrogens with zero attached hydrogens (tertiary/aromatic N) is 4. The zero-order valence-corrected chi connectivity index (χ0v) is 20.1. The number of aromatic nitrogens is 2. The second kappa shape index (κ2) is 9.37. The Labute approximate surface area is 201 Å². The lowest BCUT2D eigenvalue weighted by atomic mass is 9.96. The van der Waals surface area contributed by atoms with Crippen LogP contribution in [0.25, 0.3) is 10.2 Å². The van der Waals surface area contributed by atoms with Crippen molar-refractivity contribution >= 4 is 27.4 Å². The highest BCUT2D eigenvalue weighted by Gasteiger charge is 2.27. The summed E-state index contributed by atoms with van der Waals surface area (Å²) < 4.78 is 27.1. The minimum absolute atomic E-state index is 0.0661. The van der Waals surface area contributed by atoms with Gasteiger partial charge in [-0.2, -0.15) is 0 Å². The number of rotatable bonds is 5. The molecule has 0 atom stereocenters. The summed E-state index contributed by atoms with van der Waals surface area (Å²) in [6, 6.07) is 13.1. The lowest BCUT2D eigenvalue weighted by Crippen LogP contribution is -2.47. The summed E-state index contributed by atoms with van der Waals surface area (Å²) in [4.78, 5) is 16.2. The number of piperazine rings is 1. The van der Waals surface area contributed by atoms with Crippen LogP contribution in [0.15, 0.2) is 48.5 Å². The summed E-state index contributed by atoms with van der Waals surface area (Å²) in [6.07, 6.45) is 0. The van der Waals surface area contributed by atoms with Crippen molar-refractivity contribution in [3.05, 3.63) is 87.6 Å². The molecule has 0 radical (unpaired) electrons. The van der Waals surface area contributed by atoms with E-state index in [1.54, 1.807) is 11.3 Å². The van der Waals surface area contributed by atoms with E-state index >= 15 is 0 Å². The number of benzene rings is 2. The number of thiophene rings is 1. The molecule has 0 aliphatic carbocycles. The SMILES string of the molecule is Cc1sc2nc(CN3CCN(C(c4ccc(F)cc4)c4ccc(F)cc4)CC3)nc(N)c2c1C. The maximum atomic E-state index is 13.6. The van der Waals surface area contributed by atoms with E-state index in [1.807, 2.05) is 24.3 Å². The fourth-order valence-electron chi connectivity index (χ4n) is 4.68. The highest BCUT2D eigenvalue weighted by Crippen LogP contribution is 2.33. The van der Waals surface area contributed by atoms with E-state index in [-0.39, 0.29) is 17.7 Å². The van der Waals surface area contributed by atoms with E-state index in [0.29, 0.717) is 12.4 Å². The van der Waals surface area contributed by atoms with E-state index in [4.69, 9.17) is 10.7 Å². The Hall–Kier alpha value is -2.94. The fourth-order valence-corrected chi connectivity index (χ4v) is 5.74. The molecular formula is C26H27F2N5S. The third kappa shape index (κ3) is 4.53. The van der Waals surface area contributed by atoms with Gasteiger partial charge in [0.05, 0.1) is 18.0 Å². The molecule has 0 spiro atoms. The molecule has 2 N–H and O–H groups in total. The first-order chi connectivity index (χ1) is 16.4. The molecule has 2 aromatic heterocycles. The average Bonchev–Trinajstić information content (AvgIpc) is 3.11. The number of nitrogen functional groups attached to an aromatic ring is 1. The molecule has 5 nitrogen and oxygen atoms in total. The average molecular weight is 480 g/mol. The first-order valence-electron chi connectivity index (χ1n) is 11.4. The predicted molar refractivity (Wildman–Crippen MR) is 133 cm³/mol. The largest absolute Gasteiger partial charge is 0.383 e. The lowest BCUT2D eigenvalue weighted by Gasteiger charge is -2.39. The second-order valence-corrected chi connectivity index (χ2v) is 10.0. The van der Waals surface area contributed by atoms with Crippen molar-refractivity contribution in [2.24, 2.45) is 0 Å². The number of fused-ring (bicyclic) bond motifs is 1. The van der Waals surface area contributed by atoms with Crippen LogP contribution in [0.1, 0.15) is 33.4 Å². The molecule has 0 amide bonds. The predicted octanol–water partition coefficient (Wildman–Crippen LogP) is 5.08. The van der Waals surface area contributed by atoms with Gasteiger partial charge in [0.25, 0.3) is 0 Å². The van der Waals surface area contributed by atoms with Crippen LogP contribution in [0.3, 0.4) is 0 Å². The number of halogens is 2. The molecule has 1 saturated heterocycles. The van der Waals surface area contributed by atoms with Gasteiger partial charge in [-0.15, -0.1) is 11.3 Å². The summed E-state index contributed by atoms with van der Waals surface area (Å²) >= 11 is 1.66. The molecule has 3 heterocycles. The molecule has 0 unspecified atom stereocenters. The van der Waals surface area contributed by atoms with Crippen LogP contribution in [0.2, 0.25) is 0 Å². The van der Waals surface area contributed by atoms with E-state index in [2.05, 4.69) is 28.6 Å². The van der Waals surface area contributed by atoms with Crippen molar-refractivity contribution in [1.82, 2.24) is 19.8 Å². The monoisotopic (exact) mass is 479 g/mol.